The molecule has 1 fully saturated rings. The molecule has 2 nitrogen and oxygen atoms in total. The van der Waals surface area contributed by atoms with Crippen LogP contribution in [-0.2, 0) is 0 Å². The molecule has 0 amide bonds. The van der Waals surface area contributed by atoms with Gasteiger partial charge in [-0.25, -0.2) is 0 Å². The largest absolute Gasteiger partial charge is 0.329 e. The molecule has 0 saturated heterocycles. The SMILES string of the molecule is CCC(CC)N(C)C(CN)c1ccc(C2CC2)cc1. The Morgan fingerprint density at radius 2 is 1.74 bits per heavy atom. The summed E-state index contributed by atoms with van der Waals surface area (Å²) in [6, 6.07) is 10.1. The van der Waals surface area contributed by atoms with Gasteiger partial charge in [-0.3, -0.25) is 4.90 Å². The molecule has 1 aromatic carbocycles. The number of likely N-dealkylation sites (N-methyl/N-ethyl adjacent to an activating group) is 1. The van der Waals surface area contributed by atoms with Crippen LogP contribution in [0.5, 0.6) is 0 Å². The molecule has 2 N–H and O–H groups in total. The average molecular weight is 260 g/mol. The normalized spacial score (nSPS) is 17.2. The Morgan fingerprint density at radius 1 is 1.16 bits per heavy atom. The average Bonchev–Trinajstić information content (AvgIpc) is 3.26. The van der Waals surface area contributed by atoms with Crippen molar-refractivity contribution in [3.8, 4) is 0 Å². The van der Waals surface area contributed by atoms with E-state index in [1.807, 2.05) is 0 Å². The molecule has 0 aliphatic heterocycles. The Balaban J connectivity index is 2.11. The van der Waals surface area contributed by atoms with E-state index in [4.69, 9.17) is 5.73 Å². The predicted molar refractivity (Wildman–Crippen MR) is 82.3 cm³/mol. The maximum absolute atomic E-state index is 6.02. The summed E-state index contributed by atoms with van der Waals surface area (Å²) >= 11 is 0. The van der Waals surface area contributed by atoms with Crippen molar-refractivity contribution in [2.45, 2.75) is 57.5 Å². The molecule has 2 rings (SSSR count). The minimum Gasteiger partial charge on any atom is -0.329 e. The van der Waals surface area contributed by atoms with Crippen LogP contribution < -0.4 is 5.73 Å². The molecular weight excluding hydrogens is 232 g/mol. The molecular formula is C17H28N2. The second kappa shape index (κ2) is 6.53. The van der Waals surface area contributed by atoms with Crippen LogP contribution in [0.3, 0.4) is 0 Å². The fraction of sp³-hybridized carbons (Fsp3) is 0.647. The van der Waals surface area contributed by atoms with E-state index in [1.165, 1.54) is 36.8 Å². The van der Waals surface area contributed by atoms with Crippen molar-refractivity contribution in [1.82, 2.24) is 4.90 Å². The maximum atomic E-state index is 6.02. The highest BCUT2D eigenvalue weighted by Crippen LogP contribution is 2.40. The van der Waals surface area contributed by atoms with Gasteiger partial charge in [-0.15, -0.1) is 0 Å². The summed E-state index contributed by atoms with van der Waals surface area (Å²) in [6.45, 7) is 5.21. The second-order valence-corrected chi connectivity index (χ2v) is 5.83. The van der Waals surface area contributed by atoms with E-state index >= 15 is 0 Å². The van der Waals surface area contributed by atoms with E-state index < -0.39 is 0 Å². The maximum Gasteiger partial charge on any atom is 0.0470 e. The molecule has 1 aliphatic carbocycles. The minimum absolute atomic E-state index is 0.346. The van der Waals surface area contributed by atoms with E-state index in [0.717, 1.165) is 5.92 Å². The lowest BCUT2D eigenvalue weighted by Crippen LogP contribution is -2.38. The number of nitrogens with zero attached hydrogens (tertiary/aromatic N) is 1. The Hall–Kier alpha value is -0.860. The highest BCUT2D eigenvalue weighted by Gasteiger charge is 2.24. The first-order chi connectivity index (χ1) is 9.21. The molecule has 0 heterocycles. The minimum atomic E-state index is 0.346. The lowest BCUT2D eigenvalue weighted by molar-refractivity contribution is 0.168. The fourth-order valence-corrected chi connectivity index (χ4v) is 3.06. The topological polar surface area (TPSA) is 29.3 Å². The summed E-state index contributed by atoms with van der Waals surface area (Å²) in [5.74, 6) is 0.835. The van der Waals surface area contributed by atoms with Crippen molar-refractivity contribution in [1.29, 1.82) is 0 Å². The zero-order valence-electron chi connectivity index (χ0n) is 12.6. The summed E-state index contributed by atoms with van der Waals surface area (Å²) in [7, 11) is 2.21. The van der Waals surface area contributed by atoms with Crippen molar-refractivity contribution in [3.63, 3.8) is 0 Å². The van der Waals surface area contributed by atoms with Gasteiger partial charge in [0, 0.05) is 18.6 Å². The fourth-order valence-electron chi connectivity index (χ4n) is 3.06. The van der Waals surface area contributed by atoms with E-state index in [2.05, 4.69) is 50.1 Å². The van der Waals surface area contributed by atoms with Crippen LogP contribution in [0.4, 0.5) is 0 Å². The number of hydrogen-bond acceptors (Lipinski definition) is 2. The molecule has 0 bridgehead atoms. The molecule has 2 heteroatoms. The van der Waals surface area contributed by atoms with Crippen LogP contribution in [0.1, 0.15) is 62.6 Å². The predicted octanol–water partition coefficient (Wildman–Crippen LogP) is 3.68. The standard InChI is InChI=1S/C17H28N2/c1-4-16(5-2)19(3)17(12-18)15-10-8-14(9-11-15)13-6-7-13/h8-11,13,16-17H,4-7,12,18H2,1-3H3. The van der Waals surface area contributed by atoms with E-state index in [-0.39, 0.29) is 0 Å². The third-order valence-corrected chi connectivity index (χ3v) is 4.60. The lowest BCUT2D eigenvalue weighted by atomic mass is 9.99. The van der Waals surface area contributed by atoms with Gasteiger partial charge < -0.3 is 5.73 Å². The molecule has 1 aromatic rings. The van der Waals surface area contributed by atoms with Crippen LogP contribution in [-0.4, -0.2) is 24.5 Å². The summed E-state index contributed by atoms with van der Waals surface area (Å²) in [5.41, 5.74) is 8.89. The lowest BCUT2D eigenvalue weighted by Gasteiger charge is -2.34. The number of hydrogen-bond donors (Lipinski definition) is 1. The third kappa shape index (κ3) is 3.37. The smallest absolute Gasteiger partial charge is 0.0470 e. The summed E-state index contributed by atoms with van der Waals surface area (Å²) in [4.78, 5) is 2.45. The summed E-state index contributed by atoms with van der Waals surface area (Å²) in [5, 5.41) is 0. The van der Waals surface area contributed by atoms with Crippen molar-refractivity contribution in [2.24, 2.45) is 5.73 Å². The molecule has 0 aromatic heterocycles. The van der Waals surface area contributed by atoms with Crippen LogP contribution in [0.2, 0.25) is 0 Å². The third-order valence-electron chi connectivity index (χ3n) is 4.60. The Bertz CT molecular complexity index is 377. The van der Waals surface area contributed by atoms with E-state index in [9.17, 15) is 0 Å². The molecule has 1 unspecified atom stereocenters. The van der Waals surface area contributed by atoms with E-state index in [0.29, 0.717) is 18.6 Å². The van der Waals surface area contributed by atoms with Crippen molar-refractivity contribution < 1.29 is 0 Å². The number of nitrogens with two attached hydrogens (primary N) is 1. The van der Waals surface area contributed by atoms with Gasteiger partial charge in [0.15, 0.2) is 0 Å². The Kier molecular flexibility index (Phi) is 5.00. The van der Waals surface area contributed by atoms with Gasteiger partial charge in [-0.2, -0.15) is 0 Å². The second-order valence-electron chi connectivity index (χ2n) is 5.83. The number of rotatable bonds is 7. The van der Waals surface area contributed by atoms with Gasteiger partial charge in [0.1, 0.15) is 0 Å². The van der Waals surface area contributed by atoms with Gasteiger partial charge >= 0.3 is 0 Å². The Labute approximate surface area is 118 Å². The van der Waals surface area contributed by atoms with Crippen LogP contribution >= 0.6 is 0 Å². The summed E-state index contributed by atoms with van der Waals surface area (Å²) < 4.78 is 0. The quantitative estimate of drug-likeness (QED) is 0.810. The highest BCUT2D eigenvalue weighted by atomic mass is 15.2. The van der Waals surface area contributed by atoms with Crippen molar-refractivity contribution in [2.75, 3.05) is 13.6 Å². The van der Waals surface area contributed by atoms with Crippen LogP contribution in [0.25, 0.3) is 0 Å². The van der Waals surface area contributed by atoms with Crippen LogP contribution in [0, 0.1) is 0 Å². The first-order valence-corrected chi connectivity index (χ1v) is 7.73. The zero-order valence-corrected chi connectivity index (χ0v) is 12.6. The molecule has 1 atom stereocenters. The summed E-state index contributed by atoms with van der Waals surface area (Å²) in [6.07, 6.45) is 5.11. The molecule has 106 valence electrons. The van der Waals surface area contributed by atoms with E-state index in [1.54, 1.807) is 0 Å². The van der Waals surface area contributed by atoms with Gasteiger partial charge in [0.25, 0.3) is 0 Å². The van der Waals surface area contributed by atoms with Gasteiger partial charge in [-0.1, -0.05) is 38.1 Å². The van der Waals surface area contributed by atoms with Gasteiger partial charge in [-0.05, 0) is 49.8 Å². The van der Waals surface area contributed by atoms with Gasteiger partial charge in [0.2, 0.25) is 0 Å². The monoisotopic (exact) mass is 260 g/mol. The number of benzene rings is 1. The molecule has 1 saturated carbocycles. The molecule has 0 radical (unpaired) electrons. The zero-order chi connectivity index (χ0) is 13.8. The van der Waals surface area contributed by atoms with Gasteiger partial charge in [0.05, 0.1) is 0 Å². The molecule has 19 heavy (non-hydrogen) atoms. The van der Waals surface area contributed by atoms with Crippen molar-refractivity contribution >= 4 is 0 Å². The first-order valence-electron chi connectivity index (χ1n) is 7.73. The Morgan fingerprint density at radius 3 is 2.16 bits per heavy atom. The van der Waals surface area contributed by atoms with Crippen molar-refractivity contribution in [3.05, 3.63) is 35.4 Å². The molecule has 1 aliphatic rings. The van der Waals surface area contributed by atoms with Crippen LogP contribution in [0.15, 0.2) is 24.3 Å². The molecule has 0 spiro atoms. The first kappa shape index (κ1) is 14.5. The highest BCUT2D eigenvalue weighted by molar-refractivity contribution is 5.30.